The number of anilines is 1. The Hall–Kier alpha value is -3.27. The molecule has 0 spiro atoms. The molecule has 1 saturated heterocycles. The van der Waals surface area contributed by atoms with Crippen molar-refractivity contribution in [1.82, 2.24) is 15.2 Å². The number of aromatic nitrogens is 1. The maximum atomic E-state index is 12.7. The highest BCUT2D eigenvalue weighted by Crippen LogP contribution is 2.32. The van der Waals surface area contributed by atoms with Gasteiger partial charge in [0, 0.05) is 25.4 Å². The minimum Gasteiger partial charge on any atom is -0.464 e. The first-order valence-corrected chi connectivity index (χ1v) is 10.1. The number of imide groups is 1. The number of nitrogens with zero attached hydrogens (tertiary/aromatic N) is 3. The first-order chi connectivity index (χ1) is 14.3. The second kappa shape index (κ2) is 10.5. The van der Waals surface area contributed by atoms with Crippen LogP contribution in [0.2, 0.25) is 0 Å². The number of nitrogens with one attached hydrogen (secondary N) is 1. The molecule has 2 heterocycles. The number of hydrogen-bond donors (Lipinski definition) is 1. The molecule has 3 rings (SSSR count). The van der Waals surface area contributed by atoms with E-state index in [-0.39, 0.29) is 11.7 Å². The Balaban J connectivity index is 0.000000456. The van der Waals surface area contributed by atoms with Crippen LogP contribution in [0.25, 0.3) is 0 Å². The minimum absolute atomic E-state index is 0.107. The summed E-state index contributed by atoms with van der Waals surface area (Å²) in [5.41, 5.74) is 0.107. The lowest BCUT2D eigenvalue weighted by Gasteiger charge is -2.24. The highest BCUT2D eigenvalue weighted by Gasteiger charge is 2.45. The van der Waals surface area contributed by atoms with Crippen molar-refractivity contribution < 1.29 is 23.9 Å². The molecule has 30 heavy (non-hydrogen) atoms. The van der Waals surface area contributed by atoms with Crippen LogP contribution in [-0.2, 0) is 14.3 Å². The summed E-state index contributed by atoms with van der Waals surface area (Å²) in [5, 5.41) is 4.19. The van der Waals surface area contributed by atoms with Crippen molar-refractivity contribution in [3.63, 3.8) is 0 Å². The fourth-order valence-electron chi connectivity index (χ4n) is 2.99. The number of carbonyl (C=O) groups is 4. The number of urea groups is 1. The van der Waals surface area contributed by atoms with Gasteiger partial charge in [0.1, 0.15) is 6.04 Å². The Labute approximate surface area is 178 Å². The Morgan fingerprint density at radius 3 is 2.23 bits per heavy atom. The zero-order valence-electron chi connectivity index (χ0n) is 17.2. The molecular formula is C20H24N4O5S. The van der Waals surface area contributed by atoms with E-state index >= 15 is 0 Å². The average molecular weight is 433 g/mol. The highest BCUT2D eigenvalue weighted by atomic mass is 32.1. The summed E-state index contributed by atoms with van der Waals surface area (Å²) >= 11 is 1.12. The molecule has 1 aliphatic heterocycles. The number of ether oxygens (including phenoxy) is 1. The van der Waals surface area contributed by atoms with Crippen LogP contribution in [0, 0.1) is 0 Å². The summed E-state index contributed by atoms with van der Waals surface area (Å²) < 4.78 is 4.60. The Kier molecular flexibility index (Phi) is 8.05. The zero-order chi connectivity index (χ0) is 22.3. The van der Waals surface area contributed by atoms with Crippen LogP contribution in [0.1, 0.15) is 30.8 Å². The molecule has 10 heteroatoms. The fraction of sp³-hybridized carbons (Fsp3) is 0.350. The van der Waals surface area contributed by atoms with Crippen LogP contribution < -0.4 is 10.2 Å². The molecule has 9 nitrogen and oxygen atoms in total. The molecule has 160 valence electrons. The third-order valence-electron chi connectivity index (χ3n) is 4.37. The summed E-state index contributed by atoms with van der Waals surface area (Å²) in [6.45, 7) is 3.02. The van der Waals surface area contributed by atoms with Gasteiger partial charge < -0.3 is 10.1 Å². The van der Waals surface area contributed by atoms with Crippen LogP contribution in [0.15, 0.2) is 41.8 Å². The van der Waals surface area contributed by atoms with Gasteiger partial charge in [0.15, 0.2) is 10.8 Å². The molecule has 2 unspecified atom stereocenters. The second-order valence-electron chi connectivity index (χ2n) is 6.41. The van der Waals surface area contributed by atoms with Gasteiger partial charge in [0.05, 0.1) is 7.11 Å². The number of carbonyl (C=O) groups excluding carboxylic acids is 4. The quantitative estimate of drug-likeness (QED) is 0.746. The predicted molar refractivity (Wildman–Crippen MR) is 112 cm³/mol. The minimum atomic E-state index is -0.900. The SMILES string of the molecule is CNC(=O)N(C(C)=O)C1CC(C)N(c2nc(C(=O)OC)cs2)C1=O.c1ccccc1. The van der Waals surface area contributed by atoms with Crippen LogP contribution in [0.4, 0.5) is 9.93 Å². The van der Waals surface area contributed by atoms with Crippen LogP contribution in [0.5, 0.6) is 0 Å². The van der Waals surface area contributed by atoms with E-state index in [0.717, 1.165) is 16.2 Å². The van der Waals surface area contributed by atoms with E-state index in [9.17, 15) is 19.2 Å². The van der Waals surface area contributed by atoms with Crippen molar-refractivity contribution in [1.29, 1.82) is 0 Å². The molecule has 0 aliphatic carbocycles. The van der Waals surface area contributed by atoms with Crippen LogP contribution in [0.3, 0.4) is 0 Å². The van der Waals surface area contributed by atoms with Gasteiger partial charge in [-0.3, -0.25) is 19.4 Å². The molecule has 2 aromatic rings. The fourth-order valence-corrected chi connectivity index (χ4v) is 3.89. The maximum absolute atomic E-state index is 12.7. The standard InChI is InChI=1S/C14H18N4O5S.C6H6/c1-7-5-10(18(8(2)19)13(22)15-3)11(20)17(7)14-16-9(6-24-14)12(21)23-4;1-2-4-6-5-3-1/h6-7,10H,5H2,1-4H3,(H,15,22);1-6H. The van der Waals surface area contributed by atoms with Crippen LogP contribution in [-0.4, -0.2) is 59.9 Å². The van der Waals surface area contributed by atoms with E-state index in [4.69, 9.17) is 0 Å². The maximum Gasteiger partial charge on any atom is 0.357 e. The highest BCUT2D eigenvalue weighted by molar-refractivity contribution is 7.14. The molecule has 1 aliphatic rings. The van der Waals surface area contributed by atoms with Crippen molar-refractivity contribution in [3.8, 4) is 0 Å². The van der Waals surface area contributed by atoms with Gasteiger partial charge in [-0.25, -0.2) is 14.6 Å². The molecule has 1 aromatic heterocycles. The van der Waals surface area contributed by atoms with E-state index < -0.39 is 29.9 Å². The number of benzene rings is 1. The topological polar surface area (TPSA) is 109 Å². The van der Waals surface area contributed by atoms with E-state index in [1.54, 1.807) is 6.92 Å². The van der Waals surface area contributed by atoms with Crippen molar-refractivity contribution in [2.45, 2.75) is 32.4 Å². The second-order valence-corrected chi connectivity index (χ2v) is 7.25. The summed E-state index contributed by atoms with van der Waals surface area (Å²) in [6.07, 6.45) is 0.291. The van der Waals surface area contributed by atoms with Gasteiger partial charge in [0.25, 0.3) is 5.91 Å². The van der Waals surface area contributed by atoms with E-state index in [0.29, 0.717) is 11.6 Å². The molecule has 1 fully saturated rings. The Morgan fingerprint density at radius 2 is 1.77 bits per heavy atom. The summed E-state index contributed by atoms with van der Waals surface area (Å²) in [4.78, 5) is 54.4. The molecule has 1 aromatic carbocycles. The predicted octanol–water partition coefficient (Wildman–Crippen LogP) is 2.30. The Bertz CT molecular complexity index is 875. The monoisotopic (exact) mass is 432 g/mol. The number of rotatable bonds is 3. The van der Waals surface area contributed by atoms with Gasteiger partial charge in [-0.2, -0.15) is 0 Å². The molecule has 0 saturated carbocycles. The van der Waals surface area contributed by atoms with E-state index in [2.05, 4.69) is 15.0 Å². The number of methoxy groups -OCH3 is 1. The lowest BCUT2D eigenvalue weighted by Crippen LogP contribution is -2.51. The molecule has 1 N–H and O–H groups in total. The normalized spacial score (nSPS) is 17.6. The molecule has 2 atom stereocenters. The summed E-state index contributed by atoms with van der Waals surface area (Å²) in [7, 11) is 2.64. The molecular weight excluding hydrogens is 408 g/mol. The van der Waals surface area contributed by atoms with Gasteiger partial charge in [-0.15, -0.1) is 11.3 Å². The van der Waals surface area contributed by atoms with E-state index in [1.807, 2.05) is 36.4 Å². The first-order valence-electron chi connectivity index (χ1n) is 9.20. The lowest BCUT2D eigenvalue weighted by molar-refractivity contribution is -0.133. The smallest absolute Gasteiger partial charge is 0.357 e. The van der Waals surface area contributed by atoms with Crippen molar-refractivity contribution in [3.05, 3.63) is 47.5 Å². The van der Waals surface area contributed by atoms with Crippen molar-refractivity contribution in [2.24, 2.45) is 0 Å². The van der Waals surface area contributed by atoms with Crippen molar-refractivity contribution >= 4 is 40.3 Å². The molecule has 0 bridgehead atoms. The number of esters is 1. The first kappa shape index (κ1) is 23.0. The zero-order valence-corrected chi connectivity index (χ0v) is 18.0. The Morgan fingerprint density at radius 1 is 1.20 bits per heavy atom. The number of thiazole rings is 1. The third-order valence-corrected chi connectivity index (χ3v) is 5.21. The van der Waals surface area contributed by atoms with Crippen molar-refractivity contribution in [2.75, 3.05) is 19.1 Å². The molecule has 4 amide bonds. The van der Waals surface area contributed by atoms with Crippen LogP contribution >= 0.6 is 11.3 Å². The lowest BCUT2D eigenvalue weighted by atomic mass is 10.1. The van der Waals surface area contributed by atoms with Gasteiger partial charge >= 0.3 is 12.0 Å². The van der Waals surface area contributed by atoms with Gasteiger partial charge in [0.2, 0.25) is 5.91 Å². The van der Waals surface area contributed by atoms with Gasteiger partial charge in [-0.05, 0) is 13.3 Å². The third kappa shape index (κ3) is 5.20. The number of amides is 4. The average Bonchev–Trinajstić information content (AvgIpc) is 3.33. The van der Waals surface area contributed by atoms with E-state index in [1.165, 1.54) is 31.4 Å². The summed E-state index contributed by atoms with van der Waals surface area (Å²) in [6, 6.07) is 10.2. The summed E-state index contributed by atoms with van der Waals surface area (Å²) in [5.74, 6) is -1.52. The largest absolute Gasteiger partial charge is 0.464 e. The van der Waals surface area contributed by atoms with Gasteiger partial charge in [-0.1, -0.05) is 36.4 Å². The molecule has 0 radical (unpaired) electrons. The number of hydrogen-bond acceptors (Lipinski definition) is 7.